The van der Waals surface area contributed by atoms with Gasteiger partial charge in [-0.2, -0.15) is 0 Å². The van der Waals surface area contributed by atoms with Crippen LogP contribution in [0.4, 0.5) is 14.5 Å². The number of para-hydroxylation sites is 1. The third-order valence-corrected chi connectivity index (χ3v) is 10.5. The summed E-state index contributed by atoms with van der Waals surface area (Å²) in [6.45, 7) is 0.796. The maximum atomic E-state index is 15.8. The average molecular weight is 641 g/mol. The molecular formula is C38H42F2N4O3. The van der Waals surface area contributed by atoms with E-state index in [-0.39, 0.29) is 29.5 Å². The van der Waals surface area contributed by atoms with Crippen LogP contribution < -0.4 is 10.6 Å². The predicted molar refractivity (Wildman–Crippen MR) is 179 cm³/mol. The number of carbonyl (C=O) groups excluding carboxylic acids is 3. The van der Waals surface area contributed by atoms with Crippen molar-refractivity contribution >= 4 is 29.0 Å². The van der Waals surface area contributed by atoms with Gasteiger partial charge < -0.3 is 20.4 Å². The summed E-state index contributed by atoms with van der Waals surface area (Å²) in [6.07, 6.45) is 4.29. The first kappa shape index (κ1) is 32.6. The van der Waals surface area contributed by atoms with Crippen LogP contribution in [-0.2, 0) is 15.0 Å². The van der Waals surface area contributed by atoms with Crippen molar-refractivity contribution in [3.05, 3.63) is 107 Å². The molecule has 1 saturated heterocycles. The molecule has 2 atom stereocenters. The lowest BCUT2D eigenvalue weighted by atomic mass is 9.69. The van der Waals surface area contributed by atoms with Crippen LogP contribution in [-0.4, -0.2) is 73.2 Å². The first-order chi connectivity index (χ1) is 22.5. The third-order valence-electron chi connectivity index (χ3n) is 10.5. The van der Waals surface area contributed by atoms with Gasteiger partial charge in [0.25, 0.3) is 11.8 Å². The SMILES string of the molecule is CN(C)C1CCN(C(=O)C=C2c3ccccc3N(C(=O)c3ccc(C4CCCC4(C(N)=O)c4ccccc4)cc3)CCC2(F)F)CC1. The summed E-state index contributed by atoms with van der Waals surface area (Å²) >= 11 is 0. The van der Waals surface area contributed by atoms with Crippen LogP contribution in [0.5, 0.6) is 0 Å². The number of halogens is 2. The second kappa shape index (κ2) is 13.0. The van der Waals surface area contributed by atoms with Gasteiger partial charge in [0.2, 0.25) is 11.8 Å². The van der Waals surface area contributed by atoms with Crippen molar-refractivity contribution in [2.75, 3.05) is 38.6 Å². The largest absolute Gasteiger partial charge is 0.369 e. The van der Waals surface area contributed by atoms with E-state index in [0.717, 1.165) is 42.9 Å². The number of anilines is 1. The molecule has 1 saturated carbocycles. The second-order valence-electron chi connectivity index (χ2n) is 13.3. The number of allylic oxidation sites excluding steroid dienone is 1. The Morgan fingerprint density at radius 1 is 0.851 bits per heavy atom. The molecule has 0 aromatic heterocycles. The van der Waals surface area contributed by atoms with Gasteiger partial charge in [0.1, 0.15) is 0 Å². The minimum Gasteiger partial charge on any atom is -0.369 e. The molecule has 3 aromatic rings. The fourth-order valence-corrected chi connectivity index (χ4v) is 7.84. The van der Waals surface area contributed by atoms with E-state index in [0.29, 0.717) is 36.8 Å². The number of hydrogen-bond donors (Lipinski definition) is 1. The molecule has 0 radical (unpaired) electrons. The fraction of sp³-hybridized carbons (Fsp3) is 0.395. The highest BCUT2D eigenvalue weighted by Gasteiger charge is 2.49. The Kier molecular flexibility index (Phi) is 9.03. The van der Waals surface area contributed by atoms with Crippen LogP contribution in [0.2, 0.25) is 0 Å². The number of nitrogens with two attached hydrogens (primary N) is 1. The molecular weight excluding hydrogens is 598 g/mol. The van der Waals surface area contributed by atoms with Crippen LogP contribution in [0.25, 0.3) is 5.57 Å². The summed E-state index contributed by atoms with van der Waals surface area (Å²) in [5, 5.41) is 0. The summed E-state index contributed by atoms with van der Waals surface area (Å²) in [6, 6.07) is 23.7. The predicted octanol–water partition coefficient (Wildman–Crippen LogP) is 6.00. The molecule has 246 valence electrons. The Labute approximate surface area is 275 Å². The zero-order valence-corrected chi connectivity index (χ0v) is 27.0. The Morgan fingerprint density at radius 2 is 1.51 bits per heavy atom. The van der Waals surface area contributed by atoms with Crippen molar-refractivity contribution < 1.29 is 23.2 Å². The quantitative estimate of drug-likeness (QED) is 0.335. The summed E-state index contributed by atoms with van der Waals surface area (Å²) in [7, 11) is 4.01. The molecule has 47 heavy (non-hydrogen) atoms. The van der Waals surface area contributed by atoms with Gasteiger partial charge >= 0.3 is 0 Å². The number of hydrogen-bond acceptors (Lipinski definition) is 4. The molecule has 1 aliphatic carbocycles. The first-order valence-electron chi connectivity index (χ1n) is 16.4. The minimum absolute atomic E-state index is 0.150. The molecule has 2 unspecified atom stereocenters. The number of alkyl halides is 2. The molecule has 0 bridgehead atoms. The van der Waals surface area contributed by atoms with Crippen molar-refractivity contribution in [3.63, 3.8) is 0 Å². The number of carbonyl (C=O) groups is 3. The van der Waals surface area contributed by atoms with Gasteiger partial charge in [-0.05, 0) is 69.1 Å². The highest BCUT2D eigenvalue weighted by Crippen LogP contribution is 2.51. The van der Waals surface area contributed by atoms with E-state index in [1.807, 2.05) is 56.6 Å². The van der Waals surface area contributed by atoms with Gasteiger partial charge in [-0.25, -0.2) is 8.78 Å². The zero-order valence-electron chi connectivity index (χ0n) is 27.0. The van der Waals surface area contributed by atoms with Gasteiger partial charge in [0, 0.05) is 60.8 Å². The lowest BCUT2D eigenvalue weighted by Gasteiger charge is -2.35. The van der Waals surface area contributed by atoms with Crippen molar-refractivity contribution in [3.8, 4) is 0 Å². The van der Waals surface area contributed by atoms with E-state index in [1.165, 1.54) is 4.90 Å². The second-order valence-corrected chi connectivity index (χ2v) is 13.3. The number of fused-ring (bicyclic) bond motifs is 1. The average Bonchev–Trinajstić information content (AvgIpc) is 3.50. The lowest BCUT2D eigenvalue weighted by Crippen LogP contribution is -2.44. The molecule has 9 heteroatoms. The van der Waals surface area contributed by atoms with Crippen LogP contribution in [0, 0.1) is 0 Å². The van der Waals surface area contributed by atoms with E-state index in [9.17, 15) is 14.4 Å². The number of rotatable bonds is 6. The van der Waals surface area contributed by atoms with Crippen LogP contribution >= 0.6 is 0 Å². The van der Waals surface area contributed by atoms with Crippen LogP contribution in [0.3, 0.4) is 0 Å². The Morgan fingerprint density at radius 3 is 2.17 bits per heavy atom. The fourth-order valence-electron chi connectivity index (χ4n) is 7.84. The molecule has 3 aliphatic rings. The van der Waals surface area contributed by atoms with Gasteiger partial charge in [-0.15, -0.1) is 0 Å². The van der Waals surface area contributed by atoms with Crippen molar-refractivity contribution in [2.24, 2.45) is 5.73 Å². The number of amides is 3. The molecule has 2 heterocycles. The number of piperidine rings is 1. The smallest absolute Gasteiger partial charge is 0.275 e. The van der Waals surface area contributed by atoms with E-state index in [4.69, 9.17) is 5.73 Å². The van der Waals surface area contributed by atoms with Crippen molar-refractivity contribution in [1.29, 1.82) is 0 Å². The Bertz CT molecular complexity index is 1670. The molecule has 2 aliphatic heterocycles. The molecule has 3 aromatic carbocycles. The Hall–Kier alpha value is -4.37. The van der Waals surface area contributed by atoms with Gasteiger partial charge in [-0.1, -0.05) is 67.1 Å². The van der Waals surface area contributed by atoms with Crippen LogP contribution in [0.1, 0.15) is 71.5 Å². The summed E-state index contributed by atoms with van der Waals surface area (Å²) in [5.41, 5.74) is 7.52. The number of benzene rings is 3. The van der Waals surface area contributed by atoms with Gasteiger partial charge in [0.15, 0.2) is 0 Å². The van der Waals surface area contributed by atoms with E-state index >= 15 is 8.78 Å². The first-order valence-corrected chi connectivity index (χ1v) is 16.4. The molecule has 0 spiro atoms. The highest BCUT2D eigenvalue weighted by molar-refractivity contribution is 6.09. The van der Waals surface area contributed by atoms with Gasteiger partial charge in [0.05, 0.1) is 11.1 Å². The molecule has 2 fully saturated rings. The normalized spacial score (nSPS) is 23.9. The minimum atomic E-state index is -3.31. The lowest BCUT2D eigenvalue weighted by molar-refractivity contribution is -0.127. The standard InChI is InChI=1S/C38H42F2N4O3/c1-42(2)29-18-22-43(23-19-29)34(45)25-32-30-11-6-7-13-33(30)44(24-21-38(32,39)40)35(46)27-16-14-26(15-17-27)31-12-8-20-37(31,36(41)47)28-9-4-3-5-10-28/h3-7,9-11,13-17,25,29,31H,8,12,18-24H2,1-2H3,(H2,41,47). The van der Waals surface area contributed by atoms with E-state index in [1.54, 1.807) is 41.3 Å². The van der Waals surface area contributed by atoms with Crippen molar-refractivity contribution in [1.82, 2.24) is 9.80 Å². The highest BCUT2D eigenvalue weighted by atomic mass is 19.3. The molecule has 3 amide bonds. The van der Waals surface area contributed by atoms with E-state index in [2.05, 4.69) is 4.90 Å². The zero-order chi connectivity index (χ0) is 33.3. The van der Waals surface area contributed by atoms with E-state index < -0.39 is 29.6 Å². The molecule has 2 N–H and O–H groups in total. The van der Waals surface area contributed by atoms with Gasteiger partial charge in [-0.3, -0.25) is 14.4 Å². The summed E-state index contributed by atoms with van der Waals surface area (Å²) in [5.74, 6) is -4.67. The number of likely N-dealkylation sites (tertiary alicyclic amines) is 1. The maximum Gasteiger partial charge on any atom is 0.275 e. The number of primary amides is 1. The molecule has 6 rings (SSSR count). The number of nitrogens with zero attached hydrogens (tertiary/aromatic N) is 3. The van der Waals surface area contributed by atoms with Crippen molar-refractivity contribution in [2.45, 2.75) is 61.8 Å². The topological polar surface area (TPSA) is 86.9 Å². The maximum absolute atomic E-state index is 15.8. The summed E-state index contributed by atoms with van der Waals surface area (Å²) in [4.78, 5) is 45.4. The molecule has 7 nitrogen and oxygen atoms in total. The Balaban J connectivity index is 1.27. The monoisotopic (exact) mass is 640 g/mol. The third kappa shape index (κ3) is 6.09. The summed E-state index contributed by atoms with van der Waals surface area (Å²) < 4.78 is 31.6. The van der Waals surface area contributed by atoms with Crippen LogP contribution in [0.15, 0.2) is 84.9 Å².